The van der Waals surface area contributed by atoms with Crippen molar-refractivity contribution in [2.45, 2.75) is 19.4 Å². The second-order valence-corrected chi connectivity index (χ2v) is 7.22. The fraction of sp³-hybridized carbons (Fsp3) is 0.429. The molecule has 112 valence electrons. The van der Waals surface area contributed by atoms with Crippen molar-refractivity contribution >= 4 is 10.0 Å². The van der Waals surface area contributed by atoms with E-state index in [0.717, 1.165) is 11.6 Å². The minimum Gasteiger partial charge on any atom is -0.248 e. The molecule has 0 N–H and O–H groups in total. The maximum Gasteiger partial charge on any atom is 0.211 e. The Hall–Kier alpha value is -1.73. The second kappa shape index (κ2) is 5.57. The lowest BCUT2D eigenvalue weighted by molar-refractivity contribution is 0.412. The molecule has 7 heteroatoms. The van der Waals surface area contributed by atoms with Crippen LogP contribution in [0.4, 0.5) is 0 Å². The Bertz CT molecular complexity index is 699. The van der Waals surface area contributed by atoms with E-state index in [4.69, 9.17) is 0 Å². The van der Waals surface area contributed by atoms with Gasteiger partial charge < -0.3 is 0 Å². The predicted octanol–water partition coefficient (Wildman–Crippen LogP) is 0.687. The first-order valence-corrected chi connectivity index (χ1v) is 8.79. The number of aromatic nitrogens is 3. The number of nitrogens with zero attached hydrogens (tertiary/aromatic N) is 4. The lowest BCUT2D eigenvalue weighted by Crippen LogP contribution is -2.32. The fourth-order valence-corrected chi connectivity index (χ4v) is 3.35. The first kappa shape index (κ1) is 14.2. The van der Waals surface area contributed by atoms with Crippen LogP contribution in [0.25, 0.3) is 0 Å². The number of rotatable bonds is 3. The molecule has 0 saturated heterocycles. The lowest BCUT2D eigenvalue weighted by Gasteiger charge is -2.15. The molecule has 0 bridgehead atoms. The molecule has 0 saturated carbocycles. The van der Waals surface area contributed by atoms with Gasteiger partial charge in [0.1, 0.15) is 5.82 Å². The molecule has 2 heterocycles. The molecule has 1 aromatic carbocycles. The van der Waals surface area contributed by atoms with E-state index >= 15 is 0 Å². The molecule has 6 nitrogen and oxygen atoms in total. The summed E-state index contributed by atoms with van der Waals surface area (Å²) >= 11 is 0. The average Bonchev–Trinajstić information content (AvgIpc) is 2.69. The molecule has 0 fully saturated rings. The summed E-state index contributed by atoms with van der Waals surface area (Å²) in [6.45, 7) is 1.49. The highest BCUT2D eigenvalue weighted by molar-refractivity contribution is 7.88. The Labute approximate surface area is 124 Å². The van der Waals surface area contributed by atoms with Crippen molar-refractivity contribution in [3.8, 4) is 0 Å². The minimum absolute atomic E-state index is 0.458. The molecule has 2 aromatic rings. The van der Waals surface area contributed by atoms with E-state index in [1.807, 2.05) is 22.9 Å². The normalized spacial score (nSPS) is 16.4. The van der Waals surface area contributed by atoms with Crippen LogP contribution < -0.4 is 0 Å². The predicted molar refractivity (Wildman–Crippen MR) is 79.4 cm³/mol. The molecule has 0 aliphatic carbocycles. The Morgan fingerprint density at radius 3 is 2.62 bits per heavy atom. The molecule has 1 aromatic heterocycles. The van der Waals surface area contributed by atoms with Gasteiger partial charge in [-0.1, -0.05) is 30.3 Å². The topological polar surface area (TPSA) is 68.1 Å². The third-order valence-electron chi connectivity index (χ3n) is 3.61. The van der Waals surface area contributed by atoms with Crippen molar-refractivity contribution in [3.05, 3.63) is 47.5 Å². The summed E-state index contributed by atoms with van der Waals surface area (Å²) < 4.78 is 26.5. The second-order valence-electron chi connectivity index (χ2n) is 5.24. The Morgan fingerprint density at radius 1 is 1.14 bits per heavy atom. The van der Waals surface area contributed by atoms with E-state index in [1.165, 1.54) is 16.1 Å². The maximum absolute atomic E-state index is 11.6. The van der Waals surface area contributed by atoms with Crippen LogP contribution in [-0.2, 0) is 29.4 Å². The van der Waals surface area contributed by atoms with Crippen molar-refractivity contribution in [1.82, 2.24) is 19.1 Å². The van der Waals surface area contributed by atoms with Gasteiger partial charge in [-0.25, -0.2) is 18.1 Å². The SMILES string of the molecule is CS(=O)(=O)N1CCc2nc(Cc3ccccc3)nn2CC1. The highest BCUT2D eigenvalue weighted by Gasteiger charge is 2.22. The molecule has 3 rings (SSSR count). The summed E-state index contributed by atoms with van der Waals surface area (Å²) in [7, 11) is -3.14. The molecule has 1 aliphatic rings. The summed E-state index contributed by atoms with van der Waals surface area (Å²) in [5.41, 5.74) is 1.18. The zero-order valence-electron chi connectivity index (χ0n) is 11.9. The number of sulfonamides is 1. The molecule has 0 amide bonds. The third kappa shape index (κ3) is 3.30. The van der Waals surface area contributed by atoms with Crippen LogP contribution in [0.2, 0.25) is 0 Å². The smallest absolute Gasteiger partial charge is 0.211 e. The number of hydrogen-bond acceptors (Lipinski definition) is 4. The van der Waals surface area contributed by atoms with Crippen molar-refractivity contribution < 1.29 is 8.42 Å². The van der Waals surface area contributed by atoms with E-state index < -0.39 is 10.0 Å². The van der Waals surface area contributed by atoms with Crippen LogP contribution in [0.1, 0.15) is 17.2 Å². The van der Waals surface area contributed by atoms with Gasteiger partial charge in [0.05, 0.1) is 12.8 Å². The van der Waals surface area contributed by atoms with E-state index in [0.29, 0.717) is 32.5 Å². The van der Waals surface area contributed by atoms with Gasteiger partial charge in [-0.2, -0.15) is 9.40 Å². The summed E-state index contributed by atoms with van der Waals surface area (Å²) in [4.78, 5) is 4.55. The third-order valence-corrected chi connectivity index (χ3v) is 4.92. The highest BCUT2D eigenvalue weighted by atomic mass is 32.2. The molecular formula is C14H18N4O2S. The van der Waals surface area contributed by atoms with Gasteiger partial charge in [-0.05, 0) is 5.56 Å². The largest absolute Gasteiger partial charge is 0.248 e. The Morgan fingerprint density at radius 2 is 1.90 bits per heavy atom. The standard InChI is InChI=1S/C14H18N4O2S/c1-21(19,20)17-8-7-14-15-13(16-18(14)10-9-17)11-12-5-3-2-4-6-12/h2-6H,7-11H2,1H3. The van der Waals surface area contributed by atoms with Crippen molar-refractivity contribution in [2.75, 3.05) is 19.3 Å². The van der Waals surface area contributed by atoms with Crippen LogP contribution >= 0.6 is 0 Å². The fourth-order valence-electron chi connectivity index (χ4n) is 2.52. The van der Waals surface area contributed by atoms with Crippen molar-refractivity contribution in [1.29, 1.82) is 0 Å². The number of hydrogen-bond donors (Lipinski definition) is 0. The minimum atomic E-state index is -3.14. The molecule has 1 aliphatic heterocycles. The molecule has 21 heavy (non-hydrogen) atoms. The average molecular weight is 306 g/mol. The van der Waals surface area contributed by atoms with Gasteiger partial charge in [0, 0.05) is 25.9 Å². The van der Waals surface area contributed by atoms with Crippen LogP contribution in [0.3, 0.4) is 0 Å². The van der Waals surface area contributed by atoms with Crippen molar-refractivity contribution in [2.24, 2.45) is 0 Å². The first-order chi connectivity index (χ1) is 10.0. The van der Waals surface area contributed by atoms with E-state index in [9.17, 15) is 8.42 Å². The maximum atomic E-state index is 11.6. The zero-order valence-corrected chi connectivity index (χ0v) is 12.8. The first-order valence-electron chi connectivity index (χ1n) is 6.94. The van der Waals surface area contributed by atoms with Crippen LogP contribution in [0, 0.1) is 0 Å². The van der Waals surface area contributed by atoms with Gasteiger partial charge >= 0.3 is 0 Å². The van der Waals surface area contributed by atoms with E-state index in [1.54, 1.807) is 0 Å². The van der Waals surface area contributed by atoms with Crippen LogP contribution in [0.5, 0.6) is 0 Å². The molecule has 0 atom stereocenters. The number of fused-ring (bicyclic) bond motifs is 1. The Kier molecular flexibility index (Phi) is 3.77. The summed E-state index contributed by atoms with van der Waals surface area (Å²) in [5.74, 6) is 1.66. The zero-order chi connectivity index (χ0) is 14.9. The van der Waals surface area contributed by atoms with Gasteiger partial charge in [-0.15, -0.1) is 0 Å². The lowest BCUT2D eigenvalue weighted by atomic mass is 10.1. The summed E-state index contributed by atoms with van der Waals surface area (Å²) in [5, 5.41) is 4.51. The van der Waals surface area contributed by atoms with Gasteiger partial charge in [0.2, 0.25) is 10.0 Å². The van der Waals surface area contributed by atoms with Crippen LogP contribution in [0.15, 0.2) is 30.3 Å². The van der Waals surface area contributed by atoms with Gasteiger partial charge in [0.15, 0.2) is 5.82 Å². The van der Waals surface area contributed by atoms with E-state index in [2.05, 4.69) is 22.2 Å². The molecular weight excluding hydrogens is 288 g/mol. The van der Waals surface area contributed by atoms with Crippen molar-refractivity contribution in [3.63, 3.8) is 0 Å². The Balaban J connectivity index is 1.75. The van der Waals surface area contributed by atoms with Gasteiger partial charge in [-0.3, -0.25) is 0 Å². The number of benzene rings is 1. The highest BCUT2D eigenvalue weighted by Crippen LogP contribution is 2.12. The quantitative estimate of drug-likeness (QED) is 0.836. The summed E-state index contributed by atoms with van der Waals surface area (Å²) in [6.07, 6.45) is 2.56. The van der Waals surface area contributed by atoms with E-state index in [-0.39, 0.29) is 0 Å². The van der Waals surface area contributed by atoms with Gasteiger partial charge in [0.25, 0.3) is 0 Å². The molecule has 0 unspecified atom stereocenters. The molecule has 0 radical (unpaired) electrons. The summed E-state index contributed by atoms with van der Waals surface area (Å²) in [6, 6.07) is 10.1. The monoisotopic (exact) mass is 306 g/mol. The molecule has 0 spiro atoms. The van der Waals surface area contributed by atoms with Crippen LogP contribution in [-0.4, -0.2) is 46.8 Å².